The van der Waals surface area contributed by atoms with Gasteiger partial charge in [0, 0.05) is 6.42 Å². The van der Waals surface area contributed by atoms with Crippen molar-refractivity contribution in [3.05, 3.63) is 0 Å². The van der Waals surface area contributed by atoms with Gasteiger partial charge in [-0.25, -0.2) is 0 Å². The van der Waals surface area contributed by atoms with Crippen LogP contribution < -0.4 is 18.1 Å². The van der Waals surface area contributed by atoms with Crippen molar-refractivity contribution in [3.8, 4) is 0 Å². The normalized spacial score (nSPS) is 11.6. The molecule has 0 bridgehead atoms. The lowest BCUT2D eigenvalue weighted by molar-refractivity contribution is -0.481. The Kier molecular flexibility index (Phi) is 24.6. The van der Waals surface area contributed by atoms with Crippen LogP contribution in [0, 0.1) is 0 Å². The first kappa shape index (κ1) is 29.5. The number of unbranched alkanes of at least 4 members (excludes halogenated alkanes) is 17. The molecule has 0 rings (SSSR count). The third-order valence-corrected chi connectivity index (χ3v) is 6.56. The maximum Gasteiger partial charge on any atom is 0.0940 e. The first-order chi connectivity index (χ1) is 12.7. The SMILES string of the molecule is CCCCCCCCCCCCCCCCCCCCC([NH3+])(CC)CC.[Cl-]. The van der Waals surface area contributed by atoms with Crippen LogP contribution in [-0.4, -0.2) is 5.54 Å². The lowest BCUT2D eigenvalue weighted by Gasteiger charge is -2.22. The van der Waals surface area contributed by atoms with E-state index >= 15 is 0 Å². The smallest absolute Gasteiger partial charge is 0.0940 e. The Labute approximate surface area is 179 Å². The Balaban J connectivity index is 0. The van der Waals surface area contributed by atoms with Crippen molar-refractivity contribution in [1.82, 2.24) is 0 Å². The molecular weight excluding hydrogens is 350 g/mol. The fraction of sp³-hybridized carbons (Fsp3) is 1.00. The van der Waals surface area contributed by atoms with Crippen molar-refractivity contribution in [2.45, 2.75) is 161 Å². The van der Waals surface area contributed by atoms with Crippen molar-refractivity contribution in [1.29, 1.82) is 0 Å². The van der Waals surface area contributed by atoms with E-state index in [9.17, 15) is 0 Å². The molecule has 0 fully saturated rings. The van der Waals surface area contributed by atoms with Crippen molar-refractivity contribution in [2.24, 2.45) is 0 Å². The highest BCUT2D eigenvalue weighted by Gasteiger charge is 2.23. The summed E-state index contributed by atoms with van der Waals surface area (Å²) in [7, 11) is 0. The van der Waals surface area contributed by atoms with Gasteiger partial charge in [0.05, 0.1) is 5.54 Å². The van der Waals surface area contributed by atoms with Gasteiger partial charge in [0.15, 0.2) is 0 Å². The van der Waals surface area contributed by atoms with Gasteiger partial charge in [-0.15, -0.1) is 0 Å². The van der Waals surface area contributed by atoms with Crippen LogP contribution in [0.3, 0.4) is 0 Å². The summed E-state index contributed by atoms with van der Waals surface area (Å²) in [5.41, 5.74) is 4.79. The molecule has 166 valence electrons. The highest BCUT2D eigenvalue weighted by Crippen LogP contribution is 2.19. The Morgan fingerprint density at radius 2 is 0.704 bits per heavy atom. The van der Waals surface area contributed by atoms with Crippen LogP contribution in [0.4, 0.5) is 0 Å². The number of rotatable bonds is 21. The van der Waals surface area contributed by atoms with Gasteiger partial charge >= 0.3 is 0 Å². The van der Waals surface area contributed by atoms with Gasteiger partial charge in [-0.05, 0) is 19.3 Å². The van der Waals surface area contributed by atoms with Crippen molar-refractivity contribution < 1.29 is 18.1 Å². The topological polar surface area (TPSA) is 27.6 Å². The first-order valence-corrected chi connectivity index (χ1v) is 12.5. The maximum absolute atomic E-state index is 4.42. The molecule has 27 heavy (non-hydrogen) atoms. The Morgan fingerprint density at radius 1 is 0.444 bits per heavy atom. The highest BCUT2D eigenvalue weighted by atomic mass is 35.5. The molecule has 0 radical (unpaired) electrons. The molecule has 0 saturated carbocycles. The number of hydrogen-bond donors (Lipinski definition) is 1. The maximum atomic E-state index is 4.42. The average molecular weight is 404 g/mol. The summed E-state index contributed by atoms with van der Waals surface area (Å²) in [6.07, 6.45) is 30.1. The molecule has 0 atom stereocenters. The minimum atomic E-state index is 0. The third kappa shape index (κ3) is 20.8. The minimum absolute atomic E-state index is 0. The monoisotopic (exact) mass is 403 g/mol. The van der Waals surface area contributed by atoms with Gasteiger partial charge in [-0.2, -0.15) is 0 Å². The zero-order valence-corrected chi connectivity index (χ0v) is 20.2. The van der Waals surface area contributed by atoms with Crippen LogP contribution in [0.1, 0.15) is 156 Å². The summed E-state index contributed by atoms with van der Waals surface area (Å²) in [4.78, 5) is 0. The molecule has 3 N–H and O–H groups in total. The quantitative estimate of drug-likeness (QED) is 0.254. The molecule has 0 spiro atoms. The van der Waals surface area contributed by atoms with E-state index in [2.05, 4.69) is 26.5 Å². The van der Waals surface area contributed by atoms with E-state index in [-0.39, 0.29) is 12.4 Å². The molecule has 0 saturated heterocycles. The van der Waals surface area contributed by atoms with Crippen LogP contribution in [0.5, 0.6) is 0 Å². The van der Waals surface area contributed by atoms with Crippen LogP contribution in [0.2, 0.25) is 0 Å². The fourth-order valence-corrected chi connectivity index (χ4v) is 4.01. The summed E-state index contributed by atoms with van der Waals surface area (Å²) >= 11 is 0. The Morgan fingerprint density at radius 3 is 0.963 bits per heavy atom. The predicted octanol–water partition coefficient (Wildman–Crippen LogP) is 5.22. The average Bonchev–Trinajstić information content (AvgIpc) is 2.66. The molecule has 0 aromatic rings. The molecule has 0 aliphatic heterocycles. The summed E-state index contributed by atoms with van der Waals surface area (Å²) in [5, 5.41) is 0. The molecule has 0 aromatic heterocycles. The fourth-order valence-electron chi connectivity index (χ4n) is 4.01. The number of hydrogen-bond acceptors (Lipinski definition) is 0. The van der Waals surface area contributed by atoms with Crippen LogP contribution in [0.15, 0.2) is 0 Å². The molecule has 0 amide bonds. The van der Waals surface area contributed by atoms with Crippen LogP contribution >= 0.6 is 0 Å². The zero-order chi connectivity index (χ0) is 19.3. The van der Waals surface area contributed by atoms with Gasteiger partial charge in [-0.3, -0.25) is 0 Å². The van der Waals surface area contributed by atoms with Crippen LogP contribution in [-0.2, 0) is 0 Å². The molecule has 0 aromatic carbocycles. The minimum Gasteiger partial charge on any atom is -1.00 e. The lowest BCUT2D eigenvalue weighted by Crippen LogP contribution is -3.00. The second-order valence-corrected chi connectivity index (χ2v) is 8.97. The van der Waals surface area contributed by atoms with E-state index < -0.39 is 0 Å². The summed E-state index contributed by atoms with van der Waals surface area (Å²) in [6, 6.07) is 0. The van der Waals surface area contributed by atoms with Crippen molar-refractivity contribution in [2.75, 3.05) is 0 Å². The molecule has 0 aliphatic rings. The van der Waals surface area contributed by atoms with E-state index in [1.165, 1.54) is 135 Å². The standard InChI is InChI=1S/C25H53N.ClH/c1-4-7-8-9-10-11-12-13-14-15-16-17-18-19-20-21-22-23-24-25(26,5-2)6-3;/h4-24,26H2,1-3H3;1H. The van der Waals surface area contributed by atoms with Gasteiger partial charge in [0.1, 0.15) is 0 Å². The summed E-state index contributed by atoms with van der Waals surface area (Å²) in [6.45, 7) is 6.89. The van der Waals surface area contributed by atoms with Gasteiger partial charge in [0.2, 0.25) is 0 Å². The molecule has 1 nitrogen and oxygen atoms in total. The Hall–Kier alpha value is 0.250. The van der Waals surface area contributed by atoms with Crippen molar-refractivity contribution >= 4 is 0 Å². The van der Waals surface area contributed by atoms with Gasteiger partial charge in [-0.1, -0.05) is 130 Å². The van der Waals surface area contributed by atoms with Crippen LogP contribution in [0.25, 0.3) is 0 Å². The molecule has 2 heteroatoms. The van der Waals surface area contributed by atoms with E-state index in [1.54, 1.807) is 0 Å². The largest absolute Gasteiger partial charge is 1.00 e. The number of halogens is 1. The van der Waals surface area contributed by atoms with E-state index in [4.69, 9.17) is 0 Å². The van der Waals surface area contributed by atoms with E-state index in [0.717, 1.165) is 0 Å². The highest BCUT2D eigenvalue weighted by molar-refractivity contribution is 4.72. The number of quaternary nitrogens is 1. The molecule has 0 heterocycles. The first-order valence-electron chi connectivity index (χ1n) is 12.5. The molecule has 0 aliphatic carbocycles. The zero-order valence-electron chi connectivity index (χ0n) is 19.4. The Bertz CT molecular complexity index is 263. The van der Waals surface area contributed by atoms with E-state index in [0.29, 0.717) is 5.54 Å². The summed E-state index contributed by atoms with van der Waals surface area (Å²) < 4.78 is 0. The molecular formula is C25H54ClN. The second kappa shape index (κ2) is 22.5. The second-order valence-electron chi connectivity index (χ2n) is 8.97. The lowest BCUT2D eigenvalue weighted by atomic mass is 9.88. The van der Waals surface area contributed by atoms with E-state index in [1.807, 2.05) is 0 Å². The van der Waals surface area contributed by atoms with Gasteiger partial charge < -0.3 is 18.1 Å². The third-order valence-electron chi connectivity index (χ3n) is 6.56. The van der Waals surface area contributed by atoms with Gasteiger partial charge in [0.25, 0.3) is 0 Å². The van der Waals surface area contributed by atoms with Crippen molar-refractivity contribution in [3.63, 3.8) is 0 Å². The summed E-state index contributed by atoms with van der Waals surface area (Å²) in [5.74, 6) is 0. The molecule has 0 unspecified atom stereocenters. The predicted molar refractivity (Wildman–Crippen MR) is 120 cm³/mol.